The zero-order valence-corrected chi connectivity index (χ0v) is 21.9. The van der Waals surface area contributed by atoms with Crippen molar-refractivity contribution in [2.75, 3.05) is 7.11 Å². The lowest BCUT2D eigenvalue weighted by molar-refractivity contribution is -0.182. The van der Waals surface area contributed by atoms with Gasteiger partial charge in [-0.25, -0.2) is 4.39 Å². The Kier molecular flexibility index (Phi) is 10.6. The third-order valence-electron chi connectivity index (χ3n) is 5.47. The molecule has 2 atom stereocenters. The molecule has 0 aliphatic heterocycles. The summed E-state index contributed by atoms with van der Waals surface area (Å²) < 4.78 is 141. The number of ketones is 1. The topological polar surface area (TPSA) is 43.4 Å². The molecular formula is C24H15Cl3F10O3. The van der Waals surface area contributed by atoms with Gasteiger partial charge in [0.1, 0.15) is 11.7 Å². The fourth-order valence-corrected chi connectivity index (χ4v) is 4.08. The van der Waals surface area contributed by atoms with Crippen LogP contribution in [0.4, 0.5) is 43.9 Å². The monoisotopic (exact) mass is 646 g/mol. The van der Waals surface area contributed by atoms with Gasteiger partial charge in [0.25, 0.3) is 0 Å². The number of alkyl halides is 9. The lowest BCUT2D eigenvalue weighted by Crippen LogP contribution is -2.29. The van der Waals surface area contributed by atoms with Crippen molar-refractivity contribution in [3.8, 4) is 0 Å². The van der Waals surface area contributed by atoms with E-state index in [0.29, 0.717) is 12.1 Å². The summed E-state index contributed by atoms with van der Waals surface area (Å²) in [7, 11) is 0.763. The summed E-state index contributed by atoms with van der Waals surface area (Å²) in [5, 5.41) is -1.13. The van der Waals surface area contributed by atoms with E-state index >= 15 is 0 Å². The van der Waals surface area contributed by atoms with Gasteiger partial charge in [0.2, 0.25) is 0 Å². The van der Waals surface area contributed by atoms with Crippen molar-refractivity contribution in [3.05, 3.63) is 73.7 Å². The molecule has 0 saturated carbocycles. The second-order valence-corrected chi connectivity index (χ2v) is 9.43. The number of allylic oxidation sites excluding steroid dienone is 1. The smallest absolute Gasteiger partial charge is 0.417 e. The highest BCUT2D eigenvalue weighted by atomic mass is 35.5. The third kappa shape index (κ3) is 8.50. The fourth-order valence-electron chi connectivity index (χ4n) is 3.47. The molecule has 2 aromatic rings. The minimum atomic E-state index is -5.43. The maximum Gasteiger partial charge on any atom is 0.417 e. The minimum absolute atomic E-state index is 0.0166. The molecular weight excluding hydrogens is 633 g/mol. The van der Waals surface area contributed by atoms with Gasteiger partial charge >= 0.3 is 24.5 Å². The standard InChI is InChI=1S/C24H15Cl3F10O3/c1-40-20(39)8-12(22(29,30)31)7-19(38)13-3-2-10(4-15(13)24(35,36)37)18(28)9-14(23(32,33)34)11-5-16(25)21(27)17(26)6-11/h2-6,9,12,14H,7-8H2,1H3/b18-9-. The van der Waals surface area contributed by atoms with Crippen molar-refractivity contribution < 1.29 is 58.2 Å². The van der Waals surface area contributed by atoms with Crippen molar-refractivity contribution in [2.45, 2.75) is 37.3 Å². The Hall–Kier alpha value is -2.51. The van der Waals surface area contributed by atoms with E-state index in [1.807, 2.05) is 0 Å². The number of methoxy groups -OCH3 is 1. The summed E-state index contributed by atoms with van der Waals surface area (Å²) in [6.07, 6.45) is -18.8. The van der Waals surface area contributed by atoms with Crippen LogP contribution in [0, 0.1) is 5.92 Å². The van der Waals surface area contributed by atoms with Crippen molar-refractivity contribution in [1.82, 2.24) is 0 Å². The average Bonchev–Trinajstić information content (AvgIpc) is 2.82. The lowest BCUT2D eigenvalue weighted by Gasteiger charge is -2.20. The number of hydrogen-bond donors (Lipinski definition) is 0. The van der Waals surface area contributed by atoms with Crippen molar-refractivity contribution in [1.29, 1.82) is 0 Å². The van der Waals surface area contributed by atoms with Gasteiger partial charge in [-0.3, -0.25) is 9.59 Å². The van der Waals surface area contributed by atoms with E-state index in [1.54, 1.807) is 0 Å². The molecule has 0 amide bonds. The molecule has 2 unspecified atom stereocenters. The maximum absolute atomic E-state index is 14.9. The average molecular weight is 648 g/mol. The van der Waals surface area contributed by atoms with Crippen LogP contribution in [0.3, 0.4) is 0 Å². The first-order chi connectivity index (χ1) is 18.2. The van der Waals surface area contributed by atoms with E-state index < -0.39 is 93.1 Å². The molecule has 0 bridgehead atoms. The Morgan fingerprint density at radius 3 is 1.88 bits per heavy atom. The summed E-state index contributed by atoms with van der Waals surface area (Å²) in [4.78, 5) is 23.7. The summed E-state index contributed by atoms with van der Waals surface area (Å²) in [6, 6.07) is 2.26. The molecule has 220 valence electrons. The minimum Gasteiger partial charge on any atom is -0.469 e. The fraction of sp³-hybridized carbons (Fsp3) is 0.333. The highest BCUT2D eigenvalue weighted by Crippen LogP contribution is 2.43. The van der Waals surface area contributed by atoms with E-state index in [-0.39, 0.29) is 17.2 Å². The van der Waals surface area contributed by atoms with E-state index in [2.05, 4.69) is 4.74 Å². The molecule has 0 heterocycles. The van der Waals surface area contributed by atoms with Gasteiger partial charge in [0.05, 0.1) is 40.1 Å². The van der Waals surface area contributed by atoms with Gasteiger partial charge in [0, 0.05) is 17.5 Å². The van der Waals surface area contributed by atoms with Gasteiger partial charge in [0.15, 0.2) is 5.78 Å². The summed E-state index contributed by atoms with van der Waals surface area (Å²) >= 11 is 17.2. The van der Waals surface area contributed by atoms with Crippen LogP contribution in [0.1, 0.15) is 45.8 Å². The summed E-state index contributed by atoms with van der Waals surface area (Å²) in [5.74, 6) is -10.4. The lowest BCUT2D eigenvalue weighted by atomic mass is 9.91. The number of carbonyl (C=O) groups is 2. The van der Waals surface area contributed by atoms with Gasteiger partial charge in [-0.1, -0.05) is 46.9 Å². The number of hydrogen-bond acceptors (Lipinski definition) is 3. The zero-order chi connectivity index (χ0) is 30.8. The normalized spacial score (nSPS) is 14.6. The number of esters is 1. The SMILES string of the molecule is COC(=O)CC(CC(=O)c1ccc(/C(F)=C/C(c2cc(Cl)c(Cl)c(Cl)c2)C(F)(F)F)cc1C(F)(F)F)C(F)(F)F. The number of halogens is 13. The maximum atomic E-state index is 14.9. The largest absolute Gasteiger partial charge is 0.469 e. The number of carbonyl (C=O) groups excluding carboxylic acids is 2. The molecule has 0 saturated heterocycles. The van der Waals surface area contributed by atoms with Crippen molar-refractivity contribution in [3.63, 3.8) is 0 Å². The van der Waals surface area contributed by atoms with Crippen molar-refractivity contribution in [2.24, 2.45) is 5.92 Å². The summed E-state index contributed by atoms with van der Waals surface area (Å²) in [6.45, 7) is 0. The molecule has 2 aromatic carbocycles. The number of rotatable bonds is 8. The van der Waals surface area contributed by atoms with Crippen LogP contribution < -0.4 is 0 Å². The van der Waals surface area contributed by atoms with Gasteiger partial charge in [-0.2, -0.15) is 39.5 Å². The van der Waals surface area contributed by atoms with E-state index in [4.69, 9.17) is 34.8 Å². The Morgan fingerprint density at radius 1 is 0.875 bits per heavy atom. The first kappa shape index (κ1) is 33.7. The van der Waals surface area contributed by atoms with Crippen molar-refractivity contribution >= 4 is 52.4 Å². The number of ether oxygens (including phenoxy) is 1. The Bertz CT molecular complexity index is 1280. The molecule has 16 heteroatoms. The highest BCUT2D eigenvalue weighted by Gasteiger charge is 2.44. The Morgan fingerprint density at radius 2 is 1.43 bits per heavy atom. The Balaban J connectivity index is 2.57. The molecule has 3 nitrogen and oxygen atoms in total. The van der Waals surface area contributed by atoms with Crippen LogP contribution in [-0.4, -0.2) is 31.2 Å². The van der Waals surface area contributed by atoms with Gasteiger partial charge < -0.3 is 4.74 Å². The van der Waals surface area contributed by atoms with E-state index in [9.17, 15) is 53.5 Å². The molecule has 40 heavy (non-hydrogen) atoms. The van der Waals surface area contributed by atoms with Crippen LogP contribution in [-0.2, 0) is 15.7 Å². The number of benzene rings is 2. The van der Waals surface area contributed by atoms with Gasteiger partial charge in [-0.05, 0) is 29.8 Å². The molecule has 2 rings (SSSR count). The van der Waals surface area contributed by atoms with E-state index in [1.165, 1.54) is 0 Å². The predicted octanol–water partition coefficient (Wildman–Crippen LogP) is 9.64. The van der Waals surface area contributed by atoms with Crippen LogP contribution in [0.2, 0.25) is 15.1 Å². The van der Waals surface area contributed by atoms with Gasteiger partial charge in [-0.15, -0.1) is 0 Å². The first-order valence-corrected chi connectivity index (χ1v) is 11.8. The molecule has 0 aliphatic carbocycles. The quantitative estimate of drug-likeness (QED) is 0.124. The van der Waals surface area contributed by atoms with Crippen LogP contribution >= 0.6 is 34.8 Å². The molecule has 0 aromatic heterocycles. The highest BCUT2D eigenvalue weighted by molar-refractivity contribution is 6.48. The predicted molar refractivity (Wildman–Crippen MR) is 126 cm³/mol. The second-order valence-electron chi connectivity index (χ2n) is 8.24. The first-order valence-electron chi connectivity index (χ1n) is 10.6. The number of Topliss-reactive ketones (excluding diaryl/α,β-unsaturated/α-hetero) is 1. The third-order valence-corrected chi connectivity index (χ3v) is 6.66. The van der Waals surface area contributed by atoms with Crippen LogP contribution in [0.5, 0.6) is 0 Å². The second kappa shape index (κ2) is 12.6. The Labute approximate surface area is 234 Å². The zero-order valence-electron chi connectivity index (χ0n) is 19.7. The molecule has 0 aliphatic rings. The molecule has 0 N–H and O–H groups in total. The molecule has 0 fully saturated rings. The summed E-state index contributed by atoms with van der Waals surface area (Å²) in [5.41, 5.74) is -4.98. The van der Waals surface area contributed by atoms with E-state index in [0.717, 1.165) is 19.2 Å². The van der Waals surface area contributed by atoms with Crippen LogP contribution in [0.15, 0.2) is 36.4 Å². The molecule has 0 spiro atoms. The molecule has 0 radical (unpaired) electrons. The van der Waals surface area contributed by atoms with Crippen LogP contribution in [0.25, 0.3) is 5.83 Å².